The van der Waals surface area contributed by atoms with Gasteiger partial charge in [0.2, 0.25) is 0 Å². The minimum atomic E-state index is -0.927. The highest BCUT2D eigenvalue weighted by Gasteiger charge is 2.47. The number of morpholine rings is 1. The van der Waals surface area contributed by atoms with Gasteiger partial charge in [0.25, 0.3) is 11.7 Å². The van der Waals surface area contributed by atoms with Crippen molar-refractivity contribution in [3.8, 4) is 5.75 Å². The van der Waals surface area contributed by atoms with Crippen LogP contribution in [0.5, 0.6) is 5.75 Å². The van der Waals surface area contributed by atoms with Crippen molar-refractivity contribution < 1.29 is 33.0 Å². The number of rotatable bonds is 6. The lowest BCUT2D eigenvalue weighted by molar-refractivity contribution is -0.140. The maximum atomic E-state index is 13.9. The SMILES string of the molecule is COc1ccc(F)cc1/C(O)=C1\C(=O)C(=O)N(CCN2CCOCC2)[C@H]1c1ccco1. The smallest absolute Gasteiger partial charge is 0.295 e. The van der Waals surface area contributed by atoms with E-state index in [0.717, 1.165) is 19.2 Å². The molecule has 0 unspecified atom stereocenters. The molecule has 1 amide bonds. The predicted molar refractivity (Wildman–Crippen MR) is 108 cm³/mol. The highest BCUT2D eigenvalue weighted by molar-refractivity contribution is 6.46. The second kappa shape index (κ2) is 8.91. The van der Waals surface area contributed by atoms with Gasteiger partial charge in [-0.05, 0) is 30.3 Å². The number of carbonyl (C=O) groups is 2. The summed E-state index contributed by atoms with van der Waals surface area (Å²) in [6.07, 6.45) is 1.43. The van der Waals surface area contributed by atoms with E-state index in [2.05, 4.69) is 4.90 Å². The average Bonchev–Trinajstić information content (AvgIpc) is 3.40. The maximum absolute atomic E-state index is 13.9. The number of amides is 1. The van der Waals surface area contributed by atoms with E-state index in [9.17, 15) is 19.1 Å². The first kappa shape index (κ1) is 21.1. The van der Waals surface area contributed by atoms with Gasteiger partial charge in [0.15, 0.2) is 0 Å². The molecule has 164 valence electrons. The number of Topliss-reactive ketones (excluding diaryl/α,β-unsaturated/α-hetero) is 1. The number of hydrogen-bond acceptors (Lipinski definition) is 7. The van der Waals surface area contributed by atoms with Crippen LogP contribution < -0.4 is 4.74 Å². The van der Waals surface area contributed by atoms with E-state index in [-0.39, 0.29) is 23.4 Å². The van der Waals surface area contributed by atoms with Crippen LogP contribution in [-0.4, -0.2) is 73.1 Å². The topological polar surface area (TPSA) is 92.5 Å². The van der Waals surface area contributed by atoms with Gasteiger partial charge in [-0.25, -0.2) is 4.39 Å². The molecule has 2 aliphatic heterocycles. The molecule has 31 heavy (non-hydrogen) atoms. The number of aliphatic hydroxyl groups excluding tert-OH is 1. The van der Waals surface area contributed by atoms with Crippen molar-refractivity contribution in [2.24, 2.45) is 0 Å². The molecule has 2 saturated heterocycles. The summed E-state index contributed by atoms with van der Waals surface area (Å²) < 4.78 is 29.9. The Morgan fingerprint density at radius 1 is 1.23 bits per heavy atom. The van der Waals surface area contributed by atoms with Crippen LogP contribution in [0.1, 0.15) is 17.4 Å². The van der Waals surface area contributed by atoms with Crippen molar-refractivity contribution in [2.45, 2.75) is 6.04 Å². The molecule has 1 aromatic carbocycles. The van der Waals surface area contributed by atoms with Gasteiger partial charge in [-0.15, -0.1) is 0 Å². The summed E-state index contributed by atoms with van der Waals surface area (Å²) in [6.45, 7) is 3.48. The molecule has 2 fully saturated rings. The minimum absolute atomic E-state index is 0.00904. The second-order valence-corrected chi connectivity index (χ2v) is 7.31. The van der Waals surface area contributed by atoms with Crippen LogP contribution in [0, 0.1) is 5.82 Å². The van der Waals surface area contributed by atoms with Gasteiger partial charge in [0.05, 0.1) is 37.7 Å². The third kappa shape index (κ3) is 4.06. The molecule has 2 aromatic rings. The summed E-state index contributed by atoms with van der Waals surface area (Å²) in [6, 6.07) is 5.94. The van der Waals surface area contributed by atoms with E-state index in [1.165, 1.54) is 30.4 Å². The third-order valence-corrected chi connectivity index (χ3v) is 5.53. The van der Waals surface area contributed by atoms with Crippen molar-refractivity contribution in [1.29, 1.82) is 0 Å². The molecule has 1 aromatic heterocycles. The second-order valence-electron chi connectivity index (χ2n) is 7.31. The van der Waals surface area contributed by atoms with Gasteiger partial charge >= 0.3 is 0 Å². The fraction of sp³-hybridized carbons (Fsp3) is 0.364. The number of hydrogen-bond donors (Lipinski definition) is 1. The Morgan fingerprint density at radius 2 is 2.00 bits per heavy atom. The lowest BCUT2D eigenvalue weighted by Crippen LogP contribution is -2.42. The van der Waals surface area contributed by atoms with E-state index >= 15 is 0 Å². The number of halogens is 1. The van der Waals surface area contributed by atoms with Crippen LogP contribution in [0.4, 0.5) is 4.39 Å². The minimum Gasteiger partial charge on any atom is -0.507 e. The Hall–Kier alpha value is -3.17. The van der Waals surface area contributed by atoms with Crippen LogP contribution in [0.2, 0.25) is 0 Å². The number of likely N-dealkylation sites (tertiary alicyclic amines) is 1. The fourth-order valence-corrected chi connectivity index (χ4v) is 3.94. The third-order valence-electron chi connectivity index (χ3n) is 5.53. The van der Waals surface area contributed by atoms with E-state index < -0.39 is 29.3 Å². The van der Waals surface area contributed by atoms with Gasteiger partial charge in [-0.3, -0.25) is 14.5 Å². The van der Waals surface area contributed by atoms with Gasteiger partial charge in [0.1, 0.15) is 29.1 Å². The molecule has 3 heterocycles. The van der Waals surface area contributed by atoms with Crippen LogP contribution in [-0.2, 0) is 14.3 Å². The zero-order valence-electron chi connectivity index (χ0n) is 17.0. The Kier molecular flexibility index (Phi) is 6.06. The van der Waals surface area contributed by atoms with Gasteiger partial charge in [0, 0.05) is 26.2 Å². The summed E-state index contributed by atoms with van der Waals surface area (Å²) in [7, 11) is 1.37. The van der Waals surface area contributed by atoms with Crippen LogP contribution in [0.25, 0.3) is 5.76 Å². The molecule has 8 nitrogen and oxygen atoms in total. The number of aliphatic hydroxyl groups is 1. The number of carbonyl (C=O) groups excluding carboxylic acids is 2. The predicted octanol–water partition coefficient (Wildman–Crippen LogP) is 2.18. The molecule has 0 saturated carbocycles. The molecule has 0 radical (unpaired) electrons. The molecule has 9 heteroatoms. The molecule has 1 N–H and O–H groups in total. The van der Waals surface area contributed by atoms with Crippen LogP contribution in [0.15, 0.2) is 46.6 Å². The Labute approximate surface area is 178 Å². The largest absolute Gasteiger partial charge is 0.507 e. The Balaban J connectivity index is 1.74. The maximum Gasteiger partial charge on any atom is 0.295 e. The van der Waals surface area contributed by atoms with Gasteiger partial charge in [-0.1, -0.05) is 0 Å². The first-order chi connectivity index (χ1) is 15.0. The normalized spacial score (nSPS) is 21.6. The monoisotopic (exact) mass is 430 g/mol. The van der Waals surface area contributed by atoms with Crippen molar-refractivity contribution in [3.05, 3.63) is 59.3 Å². The summed E-state index contributed by atoms with van der Waals surface area (Å²) in [5, 5.41) is 11.0. The summed E-state index contributed by atoms with van der Waals surface area (Å²) in [5.41, 5.74) is -0.170. The number of benzene rings is 1. The molecular formula is C22H23FN2O6. The van der Waals surface area contributed by atoms with E-state index in [0.29, 0.717) is 25.5 Å². The number of nitrogens with zero attached hydrogens (tertiary/aromatic N) is 2. The van der Waals surface area contributed by atoms with Crippen LogP contribution >= 0.6 is 0 Å². The molecule has 1 atom stereocenters. The summed E-state index contributed by atoms with van der Waals surface area (Å²) >= 11 is 0. The van der Waals surface area contributed by atoms with Gasteiger partial charge in [-0.2, -0.15) is 0 Å². The summed E-state index contributed by atoms with van der Waals surface area (Å²) in [4.78, 5) is 29.4. The van der Waals surface area contributed by atoms with E-state index in [1.807, 2.05) is 0 Å². The Bertz CT molecular complexity index is 997. The molecule has 0 bridgehead atoms. The highest BCUT2D eigenvalue weighted by atomic mass is 19.1. The van der Waals surface area contributed by atoms with Crippen molar-refractivity contribution >= 4 is 17.4 Å². The van der Waals surface area contributed by atoms with Gasteiger partial charge < -0.3 is 23.9 Å². The molecule has 0 spiro atoms. The van der Waals surface area contributed by atoms with E-state index in [1.54, 1.807) is 12.1 Å². The highest BCUT2D eigenvalue weighted by Crippen LogP contribution is 2.41. The average molecular weight is 430 g/mol. The summed E-state index contributed by atoms with van der Waals surface area (Å²) in [5.74, 6) is -2.21. The zero-order valence-corrected chi connectivity index (χ0v) is 17.0. The lowest BCUT2D eigenvalue weighted by Gasteiger charge is -2.30. The molecule has 0 aliphatic carbocycles. The Morgan fingerprint density at radius 3 is 2.68 bits per heavy atom. The number of methoxy groups -OCH3 is 1. The quantitative estimate of drug-likeness (QED) is 0.427. The number of ketones is 1. The molecule has 2 aliphatic rings. The first-order valence-corrected chi connectivity index (χ1v) is 9.97. The van der Waals surface area contributed by atoms with E-state index in [4.69, 9.17) is 13.9 Å². The lowest BCUT2D eigenvalue weighted by atomic mass is 9.98. The number of ether oxygens (including phenoxy) is 2. The van der Waals surface area contributed by atoms with Crippen molar-refractivity contribution in [1.82, 2.24) is 9.80 Å². The molecular weight excluding hydrogens is 407 g/mol. The first-order valence-electron chi connectivity index (χ1n) is 9.97. The zero-order chi connectivity index (χ0) is 22.0. The van der Waals surface area contributed by atoms with Crippen LogP contribution in [0.3, 0.4) is 0 Å². The van der Waals surface area contributed by atoms with Crippen molar-refractivity contribution in [2.75, 3.05) is 46.5 Å². The fourth-order valence-electron chi connectivity index (χ4n) is 3.94. The molecule has 4 rings (SSSR count). The number of furan rings is 1. The van der Waals surface area contributed by atoms with Crippen molar-refractivity contribution in [3.63, 3.8) is 0 Å². The standard InChI is InChI=1S/C22H23FN2O6/c1-29-16-5-4-14(23)13-15(16)20(26)18-19(17-3-2-10-31-17)25(22(28)21(18)27)7-6-24-8-11-30-12-9-24/h2-5,10,13,19,26H,6-9,11-12H2,1H3/b20-18+/t19-/m0/s1.